The third kappa shape index (κ3) is 2.21. The largest absolute Gasteiger partial charge is 0.274 e. The maximum absolute atomic E-state index is 12.1. The van der Waals surface area contributed by atoms with Crippen LogP contribution in [-0.2, 0) is 6.42 Å². The number of aromatic nitrogens is 1. The lowest BCUT2D eigenvalue weighted by atomic mass is 10.1. The molecular weight excluding hydrogens is 328 g/mol. The Morgan fingerprint density at radius 2 is 1.79 bits per heavy atom. The van der Waals surface area contributed by atoms with Crippen molar-refractivity contribution in [2.24, 2.45) is 0 Å². The molecule has 0 aliphatic carbocycles. The summed E-state index contributed by atoms with van der Waals surface area (Å²) in [5.74, 6) is -0.424. The average Bonchev–Trinajstić information content (AvgIpc) is 2.93. The van der Waals surface area contributed by atoms with Gasteiger partial charge in [-0.1, -0.05) is 12.1 Å². The quantitative estimate of drug-likeness (QED) is 0.810. The van der Waals surface area contributed by atoms with Crippen LogP contribution in [0.2, 0.25) is 0 Å². The van der Waals surface area contributed by atoms with Crippen molar-refractivity contribution in [1.29, 1.82) is 0 Å². The highest BCUT2D eigenvalue weighted by atomic mass is 79.9. The fraction of sp³-hybridized carbons (Fsp3) is 0.154. The Bertz CT molecular complexity index is 633. The Kier molecular flexibility index (Phi) is 3.20. The monoisotopic (exact) mass is 336 g/mol. The fourth-order valence-corrected chi connectivity index (χ4v) is 3.35. The third-order valence-electron chi connectivity index (χ3n) is 2.95. The van der Waals surface area contributed by atoms with Gasteiger partial charge in [0, 0.05) is 13.0 Å². The maximum Gasteiger partial charge on any atom is 0.261 e. The molecule has 0 radical (unpaired) electrons. The number of carbonyl (C=O) groups excluding carboxylic acids is 2. The Hall–Kier alpha value is -1.53. The minimum Gasteiger partial charge on any atom is -0.274 e. The molecule has 0 spiro atoms. The van der Waals surface area contributed by atoms with E-state index in [0.717, 1.165) is 8.79 Å². The van der Waals surface area contributed by atoms with Crippen LogP contribution in [0.25, 0.3) is 0 Å². The van der Waals surface area contributed by atoms with Gasteiger partial charge in [-0.05, 0) is 28.1 Å². The van der Waals surface area contributed by atoms with Gasteiger partial charge in [-0.2, -0.15) is 0 Å². The molecule has 1 aromatic carbocycles. The summed E-state index contributed by atoms with van der Waals surface area (Å²) in [6.07, 6.45) is 2.31. The van der Waals surface area contributed by atoms with E-state index in [4.69, 9.17) is 0 Å². The molecule has 0 fully saturated rings. The number of amides is 2. The number of halogens is 1. The average molecular weight is 337 g/mol. The van der Waals surface area contributed by atoms with Crippen LogP contribution in [0.4, 0.5) is 0 Å². The van der Waals surface area contributed by atoms with Gasteiger partial charge in [-0.3, -0.25) is 14.5 Å². The van der Waals surface area contributed by atoms with E-state index in [0.29, 0.717) is 24.1 Å². The van der Waals surface area contributed by atoms with Crippen LogP contribution in [0.1, 0.15) is 25.7 Å². The van der Waals surface area contributed by atoms with Crippen molar-refractivity contribution in [1.82, 2.24) is 9.88 Å². The van der Waals surface area contributed by atoms with Crippen LogP contribution >= 0.6 is 27.3 Å². The molecule has 0 unspecified atom stereocenters. The first kappa shape index (κ1) is 12.5. The second-order valence-corrected chi connectivity index (χ2v) is 6.61. The second kappa shape index (κ2) is 4.86. The number of carbonyl (C=O) groups is 2. The zero-order valence-electron chi connectivity index (χ0n) is 9.80. The molecule has 0 saturated carbocycles. The maximum atomic E-state index is 12.1. The van der Waals surface area contributed by atoms with Crippen molar-refractivity contribution in [3.8, 4) is 0 Å². The molecule has 19 heavy (non-hydrogen) atoms. The standard InChI is InChI=1S/C13H9BrN2O2S/c14-10-7-15-11(19-10)5-6-16-12(17)8-3-1-2-4-9(8)13(16)18/h1-4,7H,5-6H2. The highest BCUT2D eigenvalue weighted by molar-refractivity contribution is 9.11. The summed E-state index contributed by atoms with van der Waals surface area (Å²) in [4.78, 5) is 29.7. The molecule has 3 rings (SSSR count). The van der Waals surface area contributed by atoms with Crippen LogP contribution in [0.5, 0.6) is 0 Å². The zero-order chi connectivity index (χ0) is 13.4. The Morgan fingerprint density at radius 3 is 2.32 bits per heavy atom. The van der Waals surface area contributed by atoms with Gasteiger partial charge in [-0.25, -0.2) is 4.98 Å². The summed E-state index contributed by atoms with van der Waals surface area (Å²) < 4.78 is 0.949. The predicted octanol–water partition coefficient (Wildman–Crippen LogP) is 2.74. The molecule has 0 atom stereocenters. The zero-order valence-corrected chi connectivity index (χ0v) is 12.2. The van der Waals surface area contributed by atoms with E-state index in [9.17, 15) is 9.59 Å². The second-order valence-electron chi connectivity index (χ2n) is 4.12. The first-order valence-corrected chi connectivity index (χ1v) is 7.33. The van der Waals surface area contributed by atoms with E-state index in [2.05, 4.69) is 20.9 Å². The van der Waals surface area contributed by atoms with Gasteiger partial charge in [-0.15, -0.1) is 11.3 Å². The summed E-state index contributed by atoms with van der Waals surface area (Å²) in [7, 11) is 0. The molecule has 4 nitrogen and oxygen atoms in total. The summed E-state index contributed by atoms with van der Waals surface area (Å²) in [5, 5.41) is 0.906. The van der Waals surface area contributed by atoms with Gasteiger partial charge in [0.05, 0.1) is 26.1 Å². The lowest BCUT2D eigenvalue weighted by Crippen LogP contribution is -2.31. The number of hydrogen-bond acceptors (Lipinski definition) is 4. The molecule has 1 aromatic heterocycles. The molecule has 1 aliphatic heterocycles. The number of benzene rings is 1. The predicted molar refractivity (Wildman–Crippen MR) is 75.3 cm³/mol. The van der Waals surface area contributed by atoms with E-state index in [-0.39, 0.29) is 11.8 Å². The van der Waals surface area contributed by atoms with Gasteiger partial charge in [0.2, 0.25) is 0 Å². The molecule has 2 heterocycles. The van der Waals surface area contributed by atoms with Crippen molar-refractivity contribution in [3.63, 3.8) is 0 Å². The van der Waals surface area contributed by atoms with Crippen molar-refractivity contribution < 1.29 is 9.59 Å². The normalized spacial score (nSPS) is 14.1. The molecule has 96 valence electrons. The van der Waals surface area contributed by atoms with Crippen molar-refractivity contribution in [3.05, 3.63) is 50.4 Å². The van der Waals surface area contributed by atoms with Crippen LogP contribution in [0, 0.1) is 0 Å². The summed E-state index contributed by atoms with van der Waals surface area (Å²) in [6, 6.07) is 6.92. The Morgan fingerprint density at radius 1 is 1.16 bits per heavy atom. The van der Waals surface area contributed by atoms with Crippen molar-refractivity contribution >= 4 is 39.1 Å². The van der Waals surface area contributed by atoms with E-state index in [1.807, 2.05) is 0 Å². The lowest BCUT2D eigenvalue weighted by molar-refractivity contribution is 0.0656. The number of thiazole rings is 1. The van der Waals surface area contributed by atoms with E-state index in [1.165, 1.54) is 16.2 Å². The summed E-state index contributed by atoms with van der Waals surface area (Å²) in [6.45, 7) is 0.367. The van der Waals surface area contributed by atoms with Crippen LogP contribution in [0.15, 0.2) is 34.2 Å². The fourth-order valence-electron chi connectivity index (χ4n) is 2.05. The van der Waals surface area contributed by atoms with Crippen LogP contribution in [-0.4, -0.2) is 28.2 Å². The SMILES string of the molecule is O=C1c2ccccc2C(=O)N1CCc1ncc(Br)s1. The number of hydrogen-bond donors (Lipinski definition) is 0. The van der Waals surface area contributed by atoms with Crippen molar-refractivity contribution in [2.75, 3.05) is 6.54 Å². The summed E-state index contributed by atoms with van der Waals surface area (Å²) in [5.41, 5.74) is 0.987. The molecule has 6 heteroatoms. The molecular formula is C13H9BrN2O2S. The highest BCUT2D eigenvalue weighted by Gasteiger charge is 2.34. The molecule has 0 N–H and O–H groups in total. The molecule has 2 amide bonds. The highest BCUT2D eigenvalue weighted by Crippen LogP contribution is 2.24. The Balaban J connectivity index is 1.77. The molecule has 0 saturated heterocycles. The molecule has 1 aliphatic rings. The van der Waals surface area contributed by atoms with Crippen LogP contribution in [0.3, 0.4) is 0 Å². The van der Waals surface area contributed by atoms with Crippen LogP contribution < -0.4 is 0 Å². The van der Waals surface area contributed by atoms with E-state index < -0.39 is 0 Å². The van der Waals surface area contributed by atoms with Gasteiger partial charge >= 0.3 is 0 Å². The topological polar surface area (TPSA) is 50.3 Å². The van der Waals surface area contributed by atoms with Gasteiger partial charge in [0.25, 0.3) is 11.8 Å². The van der Waals surface area contributed by atoms with Gasteiger partial charge < -0.3 is 0 Å². The number of imide groups is 1. The van der Waals surface area contributed by atoms with Gasteiger partial charge in [0.15, 0.2) is 0 Å². The molecule has 2 aromatic rings. The minimum absolute atomic E-state index is 0.212. The van der Waals surface area contributed by atoms with Crippen molar-refractivity contribution in [2.45, 2.75) is 6.42 Å². The smallest absolute Gasteiger partial charge is 0.261 e. The summed E-state index contributed by atoms with van der Waals surface area (Å²) >= 11 is 4.85. The Labute approximate surface area is 122 Å². The van der Waals surface area contributed by atoms with Gasteiger partial charge in [0.1, 0.15) is 0 Å². The lowest BCUT2D eigenvalue weighted by Gasteiger charge is -2.12. The number of rotatable bonds is 3. The first-order valence-electron chi connectivity index (χ1n) is 5.72. The number of nitrogens with zero attached hydrogens (tertiary/aromatic N) is 2. The van der Waals surface area contributed by atoms with E-state index in [1.54, 1.807) is 30.5 Å². The minimum atomic E-state index is -0.212. The third-order valence-corrected chi connectivity index (χ3v) is 4.49. The molecule has 0 bridgehead atoms. The number of fused-ring (bicyclic) bond motifs is 1. The first-order chi connectivity index (χ1) is 9.16. The van der Waals surface area contributed by atoms with E-state index >= 15 is 0 Å².